The molecule has 5 nitrogen and oxygen atoms in total. The van der Waals surface area contributed by atoms with E-state index in [2.05, 4.69) is 10.6 Å². The van der Waals surface area contributed by atoms with Crippen LogP contribution in [0.1, 0.15) is 29.8 Å². The molecule has 3 N–H and O–H groups in total. The molecule has 0 aliphatic heterocycles. The molecular formula is C16H17FN2O3. The lowest BCUT2D eigenvalue weighted by atomic mass is 10.1. The second kappa shape index (κ2) is 6.19. The number of hydrogen-bond donors (Lipinski definition) is 3. The van der Waals surface area contributed by atoms with Gasteiger partial charge in [0.2, 0.25) is 0 Å². The summed E-state index contributed by atoms with van der Waals surface area (Å²) in [6, 6.07) is 9.44. The Hall–Kier alpha value is -2.34. The average molecular weight is 304 g/mol. The minimum Gasteiger partial charge on any atom is -0.467 e. The summed E-state index contributed by atoms with van der Waals surface area (Å²) in [5.41, 5.74) is 0.628. The van der Waals surface area contributed by atoms with Crippen LogP contribution in [0.4, 0.5) is 9.18 Å². The Labute approximate surface area is 127 Å². The summed E-state index contributed by atoms with van der Waals surface area (Å²) >= 11 is 0. The molecule has 1 saturated carbocycles. The van der Waals surface area contributed by atoms with E-state index < -0.39 is 6.10 Å². The van der Waals surface area contributed by atoms with E-state index >= 15 is 0 Å². The Morgan fingerprint density at radius 1 is 1.36 bits per heavy atom. The van der Waals surface area contributed by atoms with Crippen LogP contribution in [0.2, 0.25) is 0 Å². The van der Waals surface area contributed by atoms with E-state index in [1.807, 2.05) is 0 Å². The molecule has 0 bridgehead atoms. The molecule has 22 heavy (non-hydrogen) atoms. The van der Waals surface area contributed by atoms with Gasteiger partial charge in [-0.25, -0.2) is 9.18 Å². The predicted molar refractivity (Wildman–Crippen MR) is 77.7 cm³/mol. The van der Waals surface area contributed by atoms with Crippen LogP contribution in [0.25, 0.3) is 0 Å². The van der Waals surface area contributed by atoms with Crippen molar-refractivity contribution >= 4 is 6.03 Å². The molecule has 2 aromatic rings. The van der Waals surface area contributed by atoms with Crippen molar-refractivity contribution in [2.45, 2.75) is 24.5 Å². The maximum atomic E-state index is 13.6. The molecule has 2 amide bonds. The molecule has 0 spiro atoms. The highest BCUT2D eigenvalue weighted by Crippen LogP contribution is 2.41. The van der Waals surface area contributed by atoms with Crippen molar-refractivity contribution < 1.29 is 18.7 Å². The van der Waals surface area contributed by atoms with Crippen molar-refractivity contribution in [1.82, 2.24) is 10.6 Å². The molecule has 1 aliphatic rings. The maximum Gasteiger partial charge on any atom is 0.315 e. The third-order valence-electron chi connectivity index (χ3n) is 3.74. The van der Waals surface area contributed by atoms with Gasteiger partial charge in [0.25, 0.3) is 0 Å². The molecule has 1 aliphatic carbocycles. The van der Waals surface area contributed by atoms with E-state index in [-0.39, 0.29) is 30.4 Å². The second-order valence-corrected chi connectivity index (χ2v) is 5.36. The number of aliphatic hydroxyl groups excluding tert-OH is 1. The fourth-order valence-corrected chi connectivity index (χ4v) is 2.46. The van der Waals surface area contributed by atoms with E-state index in [0.717, 1.165) is 6.42 Å². The molecule has 3 rings (SSSR count). The first-order valence-electron chi connectivity index (χ1n) is 7.15. The quantitative estimate of drug-likeness (QED) is 0.793. The number of benzene rings is 1. The van der Waals surface area contributed by atoms with Crippen LogP contribution in [0.15, 0.2) is 47.1 Å². The highest BCUT2D eigenvalue weighted by molar-refractivity contribution is 5.75. The molecule has 1 heterocycles. The van der Waals surface area contributed by atoms with E-state index in [4.69, 9.17) is 4.42 Å². The van der Waals surface area contributed by atoms with Gasteiger partial charge in [0.15, 0.2) is 0 Å². The number of hydrogen-bond acceptors (Lipinski definition) is 3. The molecule has 116 valence electrons. The van der Waals surface area contributed by atoms with Gasteiger partial charge < -0.3 is 20.2 Å². The topological polar surface area (TPSA) is 74.5 Å². The minimum atomic E-state index is -0.887. The molecule has 0 saturated heterocycles. The number of rotatable bonds is 5. The number of halogens is 1. The van der Waals surface area contributed by atoms with Crippen LogP contribution in [-0.2, 0) is 0 Å². The molecule has 1 fully saturated rings. The number of urea groups is 1. The third-order valence-corrected chi connectivity index (χ3v) is 3.74. The Morgan fingerprint density at radius 3 is 2.91 bits per heavy atom. The zero-order chi connectivity index (χ0) is 15.5. The lowest BCUT2D eigenvalue weighted by Crippen LogP contribution is -2.39. The SMILES string of the molecule is O=C(NCC(O)c1ccco1)NC1CC1c1ccccc1F. The van der Waals surface area contributed by atoms with Crippen molar-refractivity contribution in [2.24, 2.45) is 0 Å². The van der Waals surface area contributed by atoms with E-state index in [9.17, 15) is 14.3 Å². The van der Waals surface area contributed by atoms with Crippen molar-refractivity contribution in [1.29, 1.82) is 0 Å². The predicted octanol–water partition coefficient (Wildman–Crippen LogP) is 2.31. The monoisotopic (exact) mass is 304 g/mol. The number of nitrogens with one attached hydrogen (secondary N) is 2. The molecule has 3 unspecified atom stereocenters. The molecule has 1 aromatic heterocycles. The number of carbonyl (C=O) groups excluding carboxylic acids is 1. The Bertz CT molecular complexity index is 645. The van der Waals surface area contributed by atoms with Crippen LogP contribution in [0.3, 0.4) is 0 Å². The zero-order valence-corrected chi connectivity index (χ0v) is 11.8. The smallest absolute Gasteiger partial charge is 0.315 e. The summed E-state index contributed by atoms with van der Waals surface area (Å²) < 4.78 is 18.7. The summed E-state index contributed by atoms with van der Waals surface area (Å²) in [4.78, 5) is 11.8. The van der Waals surface area contributed by atoms with Gasteiger partial charge >= 0.3 is 6.03 Å². The standard InChI is InChI=1S/C16H17FN2O3/c17-12-5-2-1-4-10(12)11-8-13(11)19-16(21)18-9-14(20)15-6-3-7-22-15/h1-7,11,13-14,20H,8-9H2,(H2,18,19,21). The van der Waals surface area contributed by atoms with Gasteiger partial charge in [-0.2, -0.15) is 0 Å². The lowest BCUT2D eigenvalue weighted by molar-refractivity contribution is 0.148. The Kier molecular flexibility index (Phi) is 4.11. The summed E-state index contributed by atoms with van der Waals surface area (Å²) in [7, 11) is 0. The fraction of sp³-hybridized carbons (Fsp3) is 0.312. The van der Waals surface area contributed by atoms with E-state index in [0.29, 0.717) is 11.3 Å². The number of furan rings is 1. The molecule has 6 heteroatoms. The normalized spacial score (nSPS) is 21.2. The lowest BCUT2D eigenvalue weighted by Gasteiger charge is -2.11. The molecule has 1 aromatic carbocycles. The summed E-state index contributed by atoms with van der Waals surface area (Å²) in [5, 5.41) is 15.1. The number of carbonyl (C=O) groups is 1. The molecular weight excluding hydrogens is 287 g/mol. The van der Waals surface area contributed by atoms with Gasteiger partial charge in [-0.15, -0.1) is 0 Å². The van der Waals surface area contributed by atoms with Gasteiger partial charge in [0.1, 0.15) is 17.7 Å². The molecule has 0 radical (unpaired) electrons. The Morgan fingerprint density at radius 2 is 2.18 bits per heavy atom. The van der Waals surface area contributed by atoms with Gasteiger partial charge in [-0.05, 0) is 30.2 Å². The van der Waals surface area contributed by atoms with Gasteiger partial charge in [-0.3, -0.25) is 0 Å². The molecule has 3 atom stereocenters. The fourth-order valence-electron chi connectivity index (χ4n) is 2.46. The highest BCUT2D eigenvalue weighted by Gasteiger charge is 2.40. The number of aliphatic hydroxyl groups is 1. The van der Waals surface area contributed by atoms with Crippen LogP contribution >= 0.6 is 0 Å². The first kappa shape index (κ1) is 14.6. The number of amides is 2. The largest absolute Gasteiger partial charge is 0.467 e. The summed E-state index contributed by atoms with van der Waals surface area (Å²) in [6.07, 6.45) is 1.29. The van der Waals surface area contributed by atoms with Crippen LogP contribution < -0.4 is 10.6 Å². The Balaban J connectivity index is 1.45. The van der Waals surface area contributed by atoms with Gasteiger partial charge in [-0.1, -0.05) is 18.2 Å². The highest BCUT2D eigenvalue weighted by atomic mass is 19.1. The van der Waals surface area contributed by atoms with Crippen molar-refractivity contribution in [3.8, 4) is 0 Å². The van der Waals surface area contributed by atoms with Crippen LogP contribution in [0, 0.1) is 5.82 Å². The van der Waals surface area contributed by atoms with Crippen molar-refractivity contribution in [3.05, 3.63) is 59.8 Å². The minimum absolute atomic E-state index is 0.0157. The maximum absolute atomic E-state index is 13.6. The van der Waals surface area contributed by atoms with Gasteiger partial charge in [0.05, 0.1) is 12.8 Å². The first-order chi connectivity index (χ1) is 10.6. The van der Waals surface area contributed by atoms with Crippen LogP contribution in [0.5, 0.6) is 0 Å². The first-order valence-corrected chi connectivity index (χ1v) is 7.15. The average Bonchev–Trinajstić information content (AvgIpc) is 3.03. The van der Waals surface area contributed by atoms with Crippen molar-refractivity contribution in [3.63, 3.8) is 0 Å². The van der Waals surface area contributed by atoms with Crippen molar-refractivity contribution in [2.75, 3.05) is 6.54 Å². The summed E-state index contributed by atoms with van der Waals surface area (Å²) in [6.45, 7) is 0.0520. The zero-order valence-electron chi connectivity index (χ0n) is 11.8. The van der Waals surface area contributed by atoms with Crippen LogP contribution in [-0.4, -0.2) is 23.7 Å². The van der Waals surface area contributed by atoms with E-state index in [1.54, 1.807) is 30.3 Å². The van der Waals surface area contributed by atoms with Gasteiger partial charge in [0, 0.05) is 12.0 Å². The summed E-state index contributed by atoms with van der Waals surface area (Å²) in [5.74, 6) is 0.170. The second-order valence-electron chi connectivity index (χ2n) is 5.36. The third kappa shape index (κ3) is 3.28. The van der Waals surface area contributed by atoms with E-state index in [1.165, 1.54) is 12.3 Å².